The zero-order chi connectivity index (χ0) is 9.84. The Bertz CT molecular complexity index is 216. The molecular weight excluding hydrogens is 168 g/mol. The average molecular weight is 184 g/mol. The minimum atomic E-state index is 0.134. The summed E-state index contributed by atoms with van der Waals surface area (Å²) >= 11 is 0. The molecule has 1 aliphatic heterocycles. The van der Waals surface area contributed by atoms with Crippen LogP contribution in [-0.2, 0) is 9.59 Å². The van der Waals surface area contributed by atoms with Crippen LogP contribution in [0.2, 0.25) is 0 Å². The Morgan fingerprint density at radius 3 is 2.69 bits per heavy atom. The molecule has 0 aromatic carbocycles. The molecule has 0 atom stereocenters. The van der Waals surface area contributed by atoms with Crippen LogP contribution in [0.4, 0.5) is 0 Å². The fraction of sp³-hybridized carbons (Fsp3) is 0.778. The Labute approximate surface area is 78.5 Å². The van der Waals surface area contributed by atoms with Gasteiger partial charge in [-0.2, -0.15) is 0 Å². The smallest absolute Gasteiger partial charge is 0.236 e. The molecule has 0 aromatic rings. The third kappa shape index (κ3) is 3.14. The van der Waals surface area contributed by atoms with Gasteiger partial charge in [-0.05, 0) is 14.0 Å². The van der Waals surface area contributed by atoms with Crippen molar-refractivity contribution in [3.63, 3.8) is 0 Å². The summed E-state index contributed by atoms with van der Waals surface area (Å²) in [7, 11) is 1.93. The van der Waals surface area contributed by atoms with Crippen LogP contribution in [0.1, 0.15) is 13.3 Å². The van der Waals surface area contributed by atoms with Gasteiger partial charge in [0.2, 0.25) is 5.91 Å². The molecule has 0 spiro atoms. The van der Waals surface area contributed by atoms with Gasteiger partial charge in [-0.15, -0.1) is 0 Å². The van der Waals surface area contributed by atoms with Crippen molar-refractivity contribution in [2.75, 3.05) is 33.2 Å². The fourth-order valence-corrected chi connectivity index (χ4v) is 1.35. The lowest BCUT2D eigenvalue weighted by Crippen LogP contribution is -2.49. The quantitative estimate of drug-likeness (QED) is 0.606. The number of likely N-dealkylation sites (N-methyl/N-ethyl adjacent to an activating group) is 1. The second kappa shape index (κ2) is 4.37. The van der Waals surface area contributed by atoms with Gasteiger partial charge < -0.3 is 4.90 Å². The first kappa shape index (κ1) is 10.2. The number of Topliss-reactive ketones (excluding diaryl/α,β-unsaturated/α-hetero) is 1. The van der Waals surface area contributed by atoms with E-state index in [4.69, 9.17) is 0 Å². The summed E-state index contributed by atoms with van der Waals surface area (Å²) in [6.45, 7) is 4.28. The van der Waals surface area contributed by atoms with E-state index in [0.717, 1.165) is 13.1 Å². The highest BCUT2D eigenvalue weighted by Gasteiger charge is 2.20. The second-order valence-electron chi connectivity index (χ2n) is 3.57. The molecule has 0 bridgehead atoms. The fourth-order valence-electron chi connectivity index (χ4n) is 1.35. The number of piperazine rings is 1. The van der Waals surface area contributed by atoms with Gasteiger partial charge >= 0.3 is 0 Å². The molecule has 74 valence electrons. The predicted octanol–water partition coefficient (Wildman–Crippen LogP) is -0.261. The Kier molecular flexibility index (Phi) is 3.42. The van der Waals surface area contributed by atoms with Gasteiger partial charge in [0.25, 0.3) is 0 Å². The van der Waals surface area contributed by atoms with E-state index in [0.29, 0.717) is 19.5 Å². The molecule has 1 heterocycles. The first-order chi connectivity index (χ1) is 6.09. The van der Waals surface area contributed by atoms with E-state index in [1.54, 1.807) is 11.8 Å². The molecule has 13 heavy (non-hydrogen) atoms. The van der Waals surface area contributed by atoms with E-state index < -0.39 is 0 Å². The van der Waals surface area contributed by atoms with Crippen molar-refractivity contribution in [3.8, 4) is 0 Å². The molecule has 1 amide bonds. The molecule has 4 heteroatoms. The van der Waals surface area contributed by atoms with Crippen LogP contribution in [0.25, 0.3) is 0 Å². The molecule has 0 unspecified atom stereocenters. The average Bonchev–Trinajstić information content (AvgIpc) is 2.02. The van der Waals surface area contributed by atoms with E-state index in [1.807, 2.05) is 11.9 Å². The van der Waals surface area contributed by atoms with Gasteiger partial charge in [0.05, 0.1) is 6.54 Å². The monoisotopic (exact) mass is 184 g/mol. The van der Waals surface area contributed by atoms with Crippen LogP contribution >= 0.6 is 0 Å². The van der Waals surface area contributed by atoms with Crippen molar-refractivity contribution in [1.82, 2.24) is 9.80 Å². The van der Waals surface area contributed by atoms with Crippen molar-refractivity contribution in [1.29, 1.82) is 0 Å². The van der Waals surface area contributed by atoms with E-state index in [9.17, 15) is 9.59 Å². The maximum atomic E-state index is 11.4. The maximum Gasteiger partial charge on any atom is 0.236 e. The zero-order valence-electron chi connectivity index (χ0n) is 8.25. The molecule has 0 radical (unpaired) electrons. The molecule has 1 rings (SSSR count). The predicted molar refractivity (Wildman–Crippen MR) is 49.4 cm³/mol. The zero-order valence-corrected chi connectivity index (χ0v) is 8.25. The molecular formula is C9H16N2O2. The van der Waals surface area contributed by atoms with Crippen molar-refractivity contribution in [2.45, 2.75) is 13.3 Å². The lowest BCUT2D eigenvalue weighted by atomic mass is 10.2. The summed E-state index contributed by atoms with van der Waals surface area (Å²) in [5, 5.41) is 0. The van der Waals surface area contributed by atoms with Gasteiger partial charge in [0.15, 0.2) is 0 Å². The van der Waals surface area contributed by atoms with Gasteiger partial charge in [0, 0.05) is 26.1 Å². The lowest BCUT2D eigenvalue weighted by Gasteiger charge is -2.31. The molecule has 1 saturated heterocycles. The van der Waals surface area contributed by atoms with Crippen molar-refractivity contribution >= 4 is 11.7 Å². The minimum absolute atomic E-state index is 0.134. The number of hydrogen-bond acceptors (Lipinski definition) is 3. The summed E-state index contributed by atoms with van der Waals surface area (Å²) < 4.78 is 0. The highest BCUT2D eigenvalue weighted by molar-refractivity contribution is 5.80. The Morgan fingerprint density at radius 1 is 1.46 bits per heavy atom. The number of nitrogens with zero attached hydrogens (tertiary/aromatic N) is 2. The molecule has 1 aliphatic rings. The molecule has 0 aromatic heterocycles. The molecule has 4 nitrogen and oxygen atoms in total. The summed E-state index contributed by atoms with van der Waals surface area (Å²) in [6, 6.07) is 0. The van der Waals surface area contributed by atoms with E-state index in [-0.39, 0.29) is 11.7 Å². The maximum absolute atomic E-state index is 11.4. The van der Waals surface area contributed by atoms with Gasteiger partial charge in [-0.25, -0.2) is 0 Å². The molecule has 0 N–H and O–H groups in total. The summed E-state index contributed by atoms with van der Waals surface area (Å²) in [4.78, 5) is 25.9. The van der Waals surface area contributed by atoms with Crippen LogP contribution in [0.5, 0.6) is 0 Å². The van der Waals surface area contributed by atoms with Crippen molar-refractivity contribution < 1.29 is 9.59 Å². The Morgan fingerprint density at radius 2 is 2.15 bits per heavy atom. The largest absolute Gasteiger partial charge is 0.340 e. The lowest BCUT2D eigenvalue weighted by molar-refractivity contribution is -0.135. The van der Waals surface area contributed by atoms with Gasteiger partial charge in [0.1, 0.15) is 5.78 Å². The van der Waals surface area contributed by atoms with Gasteiger partial charge in [-0.3, -0.25) is 14.5 Å². The first-order valence-electron chi connectivity index (χ1n) is 4.55. The summed E-state index contributed by atoms with van der Waals surface area (Å²) in [5.74, 6) is 0.279. The highest BCUT2D eigenvalue weighted by Crippen LogP contribution is 2.01. The Hall–Kier alpha value is -0.900. The topological polar surface area (TPSA) is 40.6 Å². The van der Waals surface area contributed by atoms with Crippen LogP contribution in [-0.4, -0.2) is 54.7 Å². The van der Waals surface area contributed by atoms with Crippen molar-refractivity contribution in [3.05, 3.63) is 0 Å². The van der Waals surface area contributed by atoms with Crippen LogP contribution in [0.3, 0.4) is 0 Å². The first-order valence-corrected chi connectivity index (χ1v) is 4.55. The normalized spacial score (nSPS) is 19.2. The highest BCUT2D eigenvalue weighted by atomic mass is 16.2. The molecule has 0 saturated carbocycles. The van der Waals surface area contributed by atoms with Crippen LogP contribution in [0, 0.1) is 0 Å². The number of rotatable bonds is 3. The van der Waals surface area contributed by atoms with Crippen LogP contribution in [0.15, 0.2) is 0 Å². The summed E-state index contributed by atoms with van der Waals surface area (Å²) in [6.07, 6.45) is 0.482. The number of carbonyl (C=O) groups excluding carboxylic acids is 2. The van der Waals surface area contributed by atoms with E-state index in [2.05, 4.69) is 0 Å². The van der Waals surface area contributed by atoms with Gasteiger partial charge in [-0.1, -0.05) is 0 Å². The van der Waals surface area contributed by atoms with E-state index >= 15 is 0 Å². The second-order valence-corrected chi connectivity index (χ2v) is 3.57. The minimum Gasteiger partial charge on any atom is -0.340 e. The van der Waals surface area contributed by atoms with E-state index in [1.165, 1.54) is 0 Å². The number of hydrogen-bond donors (Lipinski definition) is 0. The standard InChI is InChI=1S/C9H16N2O2/c1-8(12)3-4-11-6-5-10(2)7-9(11)13/h3-7H2,1-2H3. The SMILES string of the molecule is CC(=O)CCN1CCN(C)CC1=O. The number of ketones is 1. The van der Waals surface area contributed by atoms with Crippen LogP contribution < -0.4 is 0 Å². The molecule has 1 fully saturated rings. The number of amides is 1. The molecule has 0 aliphatic carbocycles. The van der Waals surface area contributed by atoms with Crippen molar-refractivity contribution in [2.24, 2.45) is 0 Å². The number of carbonyl (C=O) groups is 2. The summed E-state index contributed by atoms with van der Waals surface area (Å²) in [5.41, 5.74) is 0. The third-order valence-electron chi connectivity index (χ3n) is 2.24. The third-order valence-corrected chi connectivity index (χ3v) is 2.24. The Balaban J connectivity index is 2.34.